The molecule has 15 aromatic rings. The van der Waals surface area contributed by atoms with Gasteiger partial charge in [-0.1, -0.05) is 178 Å². The van der Waals surface area contributed by atoms with Crippen molar-refractivity contribution in [2.24, 2.45) is 34.5 Å². The summed E-state index contributed by atoms with van der Waals surface area (Å²) in [4.78, 5) is 21.3. The summed E-state index contributed by atoms with van der Waals surface area (Å²) in [6, 6.07) is 53.1. The molecule has 0 amide bonds. The molecule has 7 aliphatic heterocycles. The van der Waals surface area contributed by atoms with Crippen molar-refractivity contribution in [2.45, 2.75) is 297 Å². The van der Waals surface area contributed by atoms with Gasteiger partial charge >= 0.3 is 0 Å². The van der Waals surface area contributed by atoms with Gasteiger partial charge in [0.25, 0.3) is 0 Å². The Bertz CT molecular complexity index is 6670. The molecule has 28 rings (SSSR count). The third kappa shape index (κ3) is 10.7. The number of furan rings is 5. The number of rotatable bonds is 3. The molecule has 658 valence electrons. The van der Waals surface area contributed by atoms with Crippen LogP contribution in [0, 0.1) is 69.1 Å². The zero-order valence-corrected chi connectivity index (χ0v) is 82.2. The summed E-state index contributed by atoms with van der Waals surface area (Å²) in [6.45, 7) is 47.6. The maximum Gasteiger partial charge on any atom is 0.150 e. The molecule has 5 aromatic carbocycles. The molecule has 0 saturated heterocycles. The minimum absolute atomic E-state index is 0.0289. The molecule has 0 radical (unpaired) electrons. The van der Waals surface area contributed by atoms with Gasteiger partial charge in [-0.3, -0.25) is 0 Å². The number of aryl methyl sites for hydroxylation is 5. The molecule has 10 nitrogen and oxygen atoms in total. The van der Waals surface area contributed by atoms with Gasteiger partial charge in [0.1, 0.15) is 0 Å². The van der Waals surface area contributed by atoms with Crippen LogP contribution >= 0.6 is 56.7 Å². The molecule has 10 aromatic heterocycles. The van der Waals surface area contributed by atoms with E-state index in [4.69, 9.17) is 22.1 Å². The second-order valence-corrected chi connectivity index (χ2v) is 48.3. The number of anilines is 5. The molecule has 6 fully saturated rings. The molecule has 127 heavy (non-hydrogen) atoms. The Morgan fingerprint density at radius 3 is 0.929 bits per heavy atom. The Labute approximate surface area is 770 Å². The average Bonchev–Trinajstić information content (AvgIpc) is 1.52. The van der Waals surface area contributed by atoms with Crippen molar-refractivity contribution in [3.05, 3.63) is 262 Å². The number of thiophene rings is 5. The van der Waals surface area contributed by atoms with E-state index in [1.165, 1.54) is 228 Å². The highest BCUT2D eigenvalue weighted by molar-refractivity contribution is 7.21. The van der Waals surface area contributed by atoms with Crippen LogP contribution in [0.1, 0.15) is 315 Å². The number of hydrogen-bond donors (Lipinski definition) is 0. The largest absolute Gasteiger partial charge is 0.463 e. The van der Waals surface area contributed by atoms with Crippen molar-refractivity contribution in [3.8, 4) is 0 Å². The number of para-hydroxylation sites is 5. The molecule has 0 N–H and O–H groups in total. The molecule has 3 spiro atoms. The lowest BCUT2D eigenvalue weighted by Crippen LogP contribution is -2.62. The Kier molecular flexibility index (Phi) is 18.7. The molecule has 6 aliphatic carbocycles. The highest BCUT2D eigenvalue weighted by Gasteiger charge is 2.70. The second kappa shape index (κ2) is 28.7. The van der Waals surface area contributed by atoms with E-state index in [0.29, 0.717) is 30.2 Å². The Hall–Kier alpha value is -8.70. The van der Waals surface area contributed by atoms with Gasteiger partial charge in [0.05, 0.1) is 113 Å². The van der Waals surface area contributed by atoms with Gasteiger partial charge in [0.2, 0.25) is 0 Å². The predicted molar refractivity (Wildman–Crippen MR) is 533 cm³/mol. The average molecular weight is 1780 g/mol. The fourth-order valence-corrected chi connectivity index (χ4v) is 35.7. The Balaban J connectivity index is 0.0000000912. The maximum absolute atomic E-state index is 6.18. The molecule has 17 heterocycles. The smallest absolute Gasteiger partial charge is 0.150 e. The van der Waals surface area contributed by atoms with Crippen molar-refractivity contribution < 1.29 is 22.1 Å². The number of hydrogen-bond acceptors (Lipinski definition) is 15. The van der Waals surface area contributed by atoms with Crippen molar-refractivity contribution >= 4 is 137 Å². The van der Waals surface area contributed by atoms with E-state index in [0.717, 1.165) is 46.0 Å². The van der Waals surface area contributed by atoms with Crippen LogP contribution in [0.15, 0.2) is 193 Å². The minimum atomic E-state index is -0.111. The van der Waals surface area contributed by atoms with E-state index in [1.54, 1.807) is 10.4 Å². The molecule has 13 aliphatic rings. The Morgan fingerprint density at radius 1 is 0.291 bits per heavy atom. The molecular formula is C112H125N5O5S5. The van der Waals surface area contributed by atoms with E-state index in [1.807, 2.05) is 88.0 Å². The standard InChI is InChI=1S/C25H27NOS.2C23H27NOS.C21H23NOS.C20H21NOS/c1-14-5-3-4-6-20(14)26-15(2)24-22(23-21(28-24)7-8-27-23)25(26)18-10-16-9-17(12-18)13-19(25)11-16;2*1-13-9-8-10-15-18(13)24-14(2)20-17(19-16(26-20)11-12-25-19)23(24,7)22(5,6)21(15,3)4;1-14-8-4-5-9-16(14)22-15(2)20-18(19-17(24-20)10-13-23-19)21(22)11-6-3-7-12-21;1-13-7-3-4-8-15(13)21-14(2)19-17(20(21)10-5-6-11-20)18-16(23-19)9-12-22-18/h3-8,15-19H,9-13H2,1-2H3;2*8-12,14H,1-7H3;4-5,8-10,13,15H,3,6-7,11-12H2,1-2H3;3-4,7-9,12,14H,5-6,10-11H2,1-2H3. The zero-order chi connectivity index (χ0) is 87.8. The van der Waals surface area contributed by atoms with Gasteiger partial charge in [0.15, 0.2) is 27.9 Å². The van der Waals surface area contributed by atoms with E-state index >= 15 is 0 Å². The van der Waals surface area contributed by atoms with Gasteiger partial charge in [-0.15, -0.1) is 56.7 Å². The first kappa shape index (κ1) is 82.7. The molecule has 7 unspecified atom stereocenters. The first-order valence-corrected chi connectivity index (χ1v) is 51.8. The second-order valence-electron chi connectivity index (χ2n) is 42.9. The lowest BCUT2D eigenvalue weighted by atomic mass is 9.47. The van der Waals surface area contributed by atoms with E-state index < -0.39 is 0 Å². The summed E-state index contributed by atoms with van der Waals surface area (Å²) < 4.78 is 36.7. The van der Waals surface area contributed by atoms with Crippen molar-refractivity contribution in [2.75, 3.05) is 24.5 Å². The SMILES string of the molecule is Cc1cccc2c1N1C(C)c3sc4ccoc4c3C1(C)C(C)(C)C2(C)C.Cc1cccc2c1N1C(C)c3sc4ccoc4c3C1(C)C(C)(C)C2(C)C.Cc1ccccc1N1C(C)c2sc3ccoc3c2C12C1CC3CC(C1)CC2C3.Cc1ccccc1N1C(C)c2sc3ccoc3c2C12CCCC2.Cc1ccccc1N1C(C)c2sc3ccoc3c2C12CCCCC2. The van der Waals surface area contributed by atoms with Gasteiger partial charge < -0.3 is 46.6 Å². The molecule has 6 saturated carbocycles. The highest BCUT2D eigenvalue weighted by atomic mass is 32.1. The highest BCUT2D eigenvalue weighted by Crippen LogP contribution is 2.75. The quantitative estimate of drug-likeness (QED) is 0.171. The molecular weight excluding hydrogens is 1660 g/mol. The van der Waals surface area contributed by atoms with Crippen LogP contribution < -0.4 is 24.5 Å². The number of benzene rings is 5. The van der Waals surface area contributed by atoms with Crippen LogP contribution in [0.5, 0.6) is 0 Å². The van der Waals surface area contributed by atoms with Gasteiger partial charge in [-0.2, -0.15) is 0 Å². The van der Waals surface area contributed by atoms with Crippen molar-refractivity contribution in [1.82, 2.24) is 0 Å². The van der Waals surface area contributed by atoms with Crippen molar-refractivity contribution in [1.29, 1.82) is 0 Å². The fraction of sp³-hybridized carbons (Fsp3) is 0.464. The third-order valence-corrected chi connectivity index (χ3v) is 43.1. The third-order valence-electron chi connectivity index (χ3n) is 36.5. The predicted octanol–water partition coefficient (Wildman–Crippen LogP) is 33.6. The molecule has 4 bridgehead atoms. The maximum atomic E-state index is 6.18. The van der Waals surface area contributed by atoms with Crippen LogP contribution in [0.4, 0.5) is 28.4 Å². The number of nitrogens with zero attached hydrogens (tertiary/aromatic N) is 5. The van der Waals surface area contributed by atoms with Gasteiger partial charge in [-0.25, -0.2) is 0 Å². The summed E-state index contributed by atoms with van der Waals surface area (Å²) in [5, 5.41) is 0. The van der Waals surface area contributed by atoms with Crippen LogP contribution in [0.25, 0.3) is 51.4 Å². The first-order valence-electron chi connectivity index (χ1n) is 47.8. The van der Waals surface area contributed by atoms with Gasteiger partial charge in [0, 0.05) is 91.5 Å². The fourth-order valence-electron chi connectivity index (χ4n) is 29.4. The number of fused-ring (bicyclic) bond motifs is 25. The summed E-state index contributed by atoms with van der Waals surface area (Å²) in [5.41, 5.74) is 30.4. The zero-order valence-electron chi connectivity index (χ0n) is 78.1. The molecule has 15 heteroatoms. The van der Waals surface area contributed by atoms with Crippen molar-refractivity contribution in [3.63, 3.8) is 0 Å². The first-order chi connectivity index (χ1) is 60.9. The lowest BCUT2D eigenvalue weighted by molar-refractivity contribution is -0.0599. The minimum Gasteiger partial charge on any atom is -0.463 e. The molecule has 7 atom stereocenters. The normalized spacial score (nSPS) is 28.2. The summed E-state index contributed by atoms with van der Waals surface area (Å²) in [6.07, 6.45) is 28.0. The summed E-state index contributed by atoms with van der Waals surface area (Å²) in [7, 11) is 0. The van der Waals surface area contributed by atoms with Crippen LogP contribution in [-0.4, -0.2) is 0 Å². The van der Waals surface area contributed by atoms with Gasteiger partial charge in [-0.05, 0) is 263 Å². The van der Waals surface area contributed by atoms with E-state index in [9.17, 15) is 0 Å². The topological polar surface area (TPSA) is 81.9 Å². The van der Waals surface area contributed by atoms with Crippen LogP contribution in [0.3, 0.4) is 0 Å². The van der Waals surface area contributed by atoms with E-state index in [2.05, 4.69) is 303 Å². The van der Waals surface area contributed by atoms with Crippen LogP contribution in [0.2, 0.25) is 0 Å². The summed E-state index contributed by atoms with van der Waals surface area (Å²) >= 11 is 9.68. The van der Waals surface area contributed by atoms with Crippen LogP contribution in [-0.2, 0) is 38.5 Å². The monoisotopic (exact) mass is 1780 g/mol. The van der Waals surface area contributed by atoms with E-state index in [-0.39, 0.29) is 49.4 Å². The summed E-state index contributed by atoms with van der Waals surface area (Å²) in [5.74, 6) is 3.48. The lowest BCUT2D eigenvalue weighted by Gasteiger charge is -2.64. The Morgan fingerprint density at radius 2 is 0.575 bits per heavy atom.